The molecule has 0 aliphatic rings. The summed E-state index contributed by atoms with van der Waals surface area (Å²) in [6.45, 7) is 0. The molecule has 0 amide bonds. The minimum absolute atomic E-state index is 0.139. The molecule has 0 saturated carbocycles. The molecule has 0 saturated heterocycles. The molecule has 0 bridgehead atoms. The van der Waals surface area contributed by atoms with Crippen molar-refractivity contribution in [3.8, 4) is 0 Å². The molecule has 3 nitrogen and oxygen atoms in total. The summed E-state index contributed by atoms with van der Waals surface area (Å²) in [5, 5.41) is 8.25. The standard InChI is InChI=1S/C9H5F2NO2/c10-4-2-1-3-5-6(4)7(11)8(12-5)9(13)14/h1-3,12H,(H,13,14). The van der Waals surface area contributed by atoms with E-state index in [1.807, 2.05) is 0 Å². The van der Waals surface area contributed by atoms with Crippen LogP contribution in [0.3, 0.4) is 0 Å². The minimum Gasteiger partial charge on any atom is -0.476 e. The molecule has 2 N–H and O–H groups in total. The number of hydrogen-bond donors (Lipinski definition) is 2. The first-order valence-electron chi connectivity index (χ1n) is 3.80. The smallest absolute Gasteiger partial charge is 0.355 e. The first-order valence-corrected chi connectivity index (χ1v) is 3.80. The highest BCUT2D eigenvalue weighted by molar-refractivity contribution is 5.94. The summed E-state index contributed by atoms with van der Waals surface area (Å²) in [7, 11) is 0. The van der Waals surface area contributed by atoms with Crippen molar-refractivity contribution in [2.24, 2.45) is 0 Å². The second-order valence-corrected chi connectivity index (χ2v) is 2.78. The fourth-order valence-corrected chi connectivity index (χ4v) is 1.31. The quantitative estimate of drug-likeness (QED) is 0.735. The number of H-pyrrole nitrogens is 1. The Balaban J connectivity index is 2.87. The van der Waals surface area contributed by atoms with Crippen LogP contribution in [-0.2, 0) is 0 Å². The van der Waals surface area contributed by atoms with Crippen LogP contribution < -0.4 is 0 Å². The average Bonchev–Trinajstić information content (AvgIpc) is 2.45. The number of rotatable bonds is 1. The summed E-state index contributed by atoms with van der Waals surface area (Å²) >= 11 is 0. The van der Waals surface area contributed by atoms with E-state index in [9.17, 15) is 13.6 Å². The summed E-state index contributed by atoms with van der Waals surface area (Å²) in [4.78, 5) is 12.8. The Labute approximate surface area is 77.0 Å². The predicted octanol–water partition coefficient (Wildman–Crippen LogP) is 2.14. The molecular weight excluding hydrogens is 192 g/mol. The molecule has 72 valence electrons. The number of halogens is 2. The molecular formula is C9H5F2NO2. The van der Waals surface area contributed by atoms with Crippen LogP contribution in [0.15, 0.2) is 18.2 Å². The van der Waals surface area contributed by atoms with Crippen LogP contribution >= 0.6 is 0 Å². The number of carbonyl (C=O) groups is 1. The molecule has 1 aromatic carbocycles. The highest BCUT2D eigenvalue weighted by Gasteiger charge is 2.19. The van der Waals surface area contributed by atoms with Gasteiger partial charge in [0.2, 0.25) is 0 Å². The number of benzene rings is 1. The van der Waals surface area contributed by atoms with Gasteiger partial charge in [0.15, 0.2) is 11.5 Å². The number of aromatic nitrogens is 1. The first-order chi connectivity index (χ1) is 6.61. The van der Waals surface area contributed by atoms with Crippen LogP contribution in [-0.4, -0.2) is 16.1 Å². The number of aromatic amines is 1. The maximum atomic E-state index is 13.3. The van der Waals surface area contributed by atoms with E-state index in [-0.39, 0.29) is 10.9 Å². The molecule has 0 aliphatic carbocycles. The van der Waals surface area contributed by atoms with Gasteiger partial charge < -0.3 is 10.1 Å². The van der Waals surface area contributed by atoms with Crippen molar-refractivity contribution < 1.29 is 18.7 Å². The van der Waals surface area contributed by atoms with E-state index in [1.165, 1.54) is 12.1 Å². The monoisotopic (exact) mass is 197 g/mol. The van der Waals surface area contributed by atoms with E-state index >= 15 is 0 Å². The van der Waals surface area contributed by atoms with Crippen molar-refractivity contribution in [2.45, 2.75) is 0 Å². The van der Waals surface area contributed by atoms with Gasteiger partial charge in [0.25, 0.3) is 0 Å². The number of nitrogens with one attached hydrogen (secondary N) is 1. The second kappa shape index (κ2) is 2.80. The lowest BCUT2D eigenvalue weighted by atomic mass is 10.2. The molecule has 1 aromatic heterocycles. The van der Waals surface area contributed by atoms with Gasteiger partial charge in [0.1, 0.15) is 5.82 Å². The third-order valence-corrected chi connectivity index (χ3v) is 1.93. The Morgan fingerprint density at radius 3 is 2.64 bits per heavy atom. The van der Waals surface area contributed by atoms with Crippen molar-refractivity contribution in [1.82, 2.24) is 4.98 Å². The third kappa shape index (κ3) is 1.06. The van der Waals surface area contributed by atoms with Crippen LogP contribution in [0.25, 0.3) is 10.9 Å². The zero-order valence-corrected chi connectivity index (χ0v) is 6.84. The van der Waals surface area contributed by atoms with E-state index in [2.05, 4.69) is 4.98 Å². The van der Waals surface area contributed by atoms with Crippen LogP contribution in [0.4, 0.5) is 8.78 Å². The topological polar surface area (TPSA) is 53.1 Å². The number of carboxylic acid groups (broad SMARTS) is 1. The van der Waals surface area contributed by atoms with Crippen LogP contribution in [0.1, 0.15) is 10.5 Å². The van der Waals surface area contributed by atoms with Gasteiger partial charge in [-0.25, -0.2) is 13.6 Å². The Morgan fingerprint density at radius 2 is 2.07 bits per heavy atom. The van der Waals surface area contributed by atoms with E-state index in [0.29, 0.717) is 0 Å². The van der Waals surface area contributed by atoms with Crippen molar-refractivity contribution in [3.63, 3.8) is 0 Å². The lowest BCUT2D eigenvalue weighted by Gasteiger charge is -1.90. The highest BCUT2D eigenvalue weighted by Crippen LogP contribution is 2.23. The van der Waals surface area contributed by atoms with Crippen molar-refractivity contribution in [2.75, 3.05) is 0 Å². The fraction of sp³-hybridized carbons (Fsp3) is 0. The molecule has 14 heavy (non-hydrogen) atoms. The zero-order valence-electron chi connectivity index (χ0n) is 6.84. The fourth-order valence-electron chi connectivity index (χ4n) is 1.31. The zero-order chi connectivity index (χ0) is 10.3. The summed E-state index contributed by atoms with van der Waals surface area (Å²) in [5.74, 6) is -3.28. The molecule has 2 rings (SSSR count). The molecule has 0 radical (unpaired) electrons. The third-order valence-electron chi connectivity index (χ3n) is 1.93. The van der Waals surface area contributed by atoms with Gasteiger partial charge in [-0.3, -0.25) is 0 Å². The molecule has 2 aromatic rings. The number of hydrogen-bond acceptors (Lipinski definition) is 1. The highest BCUT2D eigenvalue weighted by atomic mass is 19.1. The van der Waals surface area contributed by atoms with Gasteiger partial charge in [-0.15, -0.1) is 0 Å². The lowest BCUT2D eigenvalue weighted by Crippen LogP contribution is -1.98. The van der Waals surface area contributed by atoms with Gasteiger partial charge in [-0.2, -0.15) is 0 Å². The molecule has 0 aliphatic heterocycles. The average molecular weight is 197 g/mol. The van der Waals surface area contributed by atoms with Crippen molar-refractivity contribution in [1.29, 1.82) is 0 Å². The van der Waals surface area contributed by atoms with Crippen molar-refractivity contribution in [3.05, 3.63) is 35.5 Å². The van der Waals surface area contributed by atoms with Gasteiger partial charge in [0, 0.05) is 0 Å². The van der Waals surface area contributed by atoms with E-state index < -0.39 is 23.3 Å². The molecule has 1 heterocycles. The number of aromatic carboxylic acids is 1. The van der Waals surface area contributed by atoms with Gasteiger partial charge in [0.05, 0.1) is 10.9 Å². The van der Waals surface area contributed by atoms with Crippen molar-refractivity contribution >= 4 is 16.9 Å². The lowest BCUT2D eigenvalue weighted by molar-refractivity contribution is 0.0686. The largest absolute Gasteiger partial charge is 0.476 e. The van der Waals surface area contributed by atoms with Gasteiger partial charge in [-0.05, 0) is 12.1 Å². The summed E-state index contributed by atoms with van der Waals surface area (Å²) < 4.78 is 26.4. The van der Waals surface area contributed by atoms with Crippen LogP contribution in [0, 0.1) is 11.6 Å². The summed E-state index contributed by atoms with van der Waals surface area (Å²) in [5.41, 5.74) is -0.481. The van der Waals surface area contributed by atoms with Crippen LogP contribution in [0.5, 0.6) is 0 Å². The Morgan fingerprint density at radius 1 is 1.36 bits per heavy atom. The van der Waals surface area contributed by atoms with E-state index in [0.717, 1.165) is 6.07 Å². The number of fused-ring (bicyclic) bond motifs is 1. The summed E-state index contributed by atoms with van der Waals surface area (Å²) in [6.07, 6.45) is 0. The van der Waals surface area contributed by atoms with Gasteiger partial charge in [-0.1, -0.05) is 6.07 Å². The Bertz CT molecular complexity index is 519. The number of carboxylic acids is 1. The first kappa shape index (κ1) is 8.68. The summed E-state index contributed by atoms with van der Waals surface area (Å²) in [6, 6.07) is 3.86. The van der Waals surface area contributed by atoms with Crippen LogP contribution in [0.2, 0.25) is 0 Å². The normalized spacial score (nSPS) is 10.7. The second-order valence-electron chi connectivity index (χ2n) is 2.78. The maximum Gasteiger partial charge on any atom is 0.355 e. The van der Waals surface area contributed by atoms with E-state index in [1.54, 1.807) is 0 Å². The maximum absolute atomic E-state index is 13.3. The molecule has 0 atom stereocenters. The molecule has 5 heteroatoms. The molecule has 0 spiro atoms. The van der Waals surface area contributed by atoms with E-state index in [4.69, 9.17) is 5.11 Å². The minimum atomic E-state index is -1.45. The van der Waals surface area contributed by atoms with Gasteiger partial charge >= 0.3 is 5.97 Å². The molecule has 0 unspecified atom stereocenters. The Hall–Kier alpha value is -1.91. The molecule has 0 fully saturated rings. The SMILES string of the molecule is O=C(O)c1[nH]c2cccc(F)c2c1F. The Kier molecular flexibility index (Phi) is 1.73. The predicted molar refractivity (Wildman–Crippen MR) is 45.2 cm³/mol.